The fraction of sp³-hybridized carbons (Fsp3) is 0.304. The summed E-state index contributed by atoms with van der Waals surface area (Å²) < 4.78 is 22.6. The van der Waals surface area contributed by atoms with Crippen molar-refractivity contribution >= 4 is 5.97 Å². The Morgan fingerprint density at radius 2 is 1.94 bits per heavy atom. The summed E-state index contributed by atoms with van der Waals surface area (Å²) in [5.41, 5.74) is 3.93. The third-order valence-electron chi connectivity index (χ3n) is 4.84. The third-order valence-corrected chi connectivity index (χ3v) is 4.84. The van der Waals surface area contributed by atoms with Crippen LogP contribution in [-0.4, -0.2) is 49.7 Å². The lowest BCUT2D eigenvalue weighted by molar-refractivity contribution is 0.0517. The van der Waals surface area contributed by atoms with Gasteiger partial charge in [-0.15, -0.1) is 0 Å². The van der Waals surface area contributed by atoms with Gasteiger partial charge in [0, 0.05) is 24.4 Å². The number of pyridine rings is 1. The van der Waals surface area contributed by atoms with Gasteiger partial charge < -0.3 is 24.8 Å². The van der Waals surface area contributed by atoms with Gasteiger partial charge >= 0.3 is 5.97 Å². The first kappa shape index (κ1) is 22.2. The molecule has 2 heterocycles. The molecule has 0 unspecified atom stereocenters. The van der Waals surface area contributed by atoms with Gasteiger partial charge in [0.2, 0.25) is 0 Å². The van der Waals surface area contributed by atoms with Crippen LogP contribution in [0.15, 0.2) is 42.7 Å². The number of esters is 1. The van der Waals surface area contributed by atoms with Gasteiger partial charge in [-0.05, 0) is 43.2 Å². The number of rotatable bonds is 9. The molecule has 0 radical (unpaired) electrons. The Labute approximate surface area is 181 Å². The van der Waals surface area contributed by atoms with E-state index in [4.69, 9.17) is 24.8 Å². The summed E-state index contributed by atoms with van der Waals surface area (Å²) in [6.45, 7) is 4.83. The lowest BCUT2D eigenvalue weighted by atomic mass is 9.96. The first-order valence-electron chi connectivity index (χ1n) is 9.91. The van der Waals surface area contributed by atoms with Gasteiger partial charge in [0.25, 0.3) is 0 Å². The van der Waals surface area contributed by atoms with Crippen molar-refractivity contribution in [2.45, 2.75) is 13.8 Å². The maximum absolute atomic E-state index is 12.7. The molecular weight excluding hydrogens is 398 g/mol. The van der Waals surface area contributed by atoms with E-state index < -0.39 is 5.97 Å². The van der Waals surface area contributed by atoms with E-state index in [0.717, 1.165) is 22.4 Å². The van der Waals surface area contributed by atoms with Crippen LogP contribution < -0.4 is 15.3 Å². The van der Waals surface area contributed by atoms with Crippen molar-refractivity contribution in [3.63, 3.8) is 0 Å². The predicted octanol–water partition coefficient (Wildman–Crippen LogP) is 3.45. The fourth-order valence-electron chi connectivity index (χ4n) is 3.38. The lowest BCUT2D eigenvalue weighted by Gasteiger charge is -2.12. The van der Waals surface area contributed by atoms with Gasteiger partial charge in [-0.3, -0.25) is 9.66 Å². The highest BCUT2D eigenvalue weighted by atomic mass is 16.5. The quantitative estimate of drug-likeness (QED) is 0.318. The summed E-state index contributed by atoms with van der Waals surface area (Å²) in [7, 11) is 3.23. The van der Waals surface area contributed by atoms with Crippen molar-refractivity contribution in [2.75, 3.05) is 39.9 Å². The van der Waals surface area contributed by atoms with Crippen molar-refractivity contribution in [3.8, 4) is 33.9 Å². The Hall–Kier alpha value is -3.52. The summed E-state index contributed by atoms with van der Waals surface area (Å²) in [5.74, 6) is 7.02. The Bertz CT molecular complexity index is 1040. The molecular formula is C23H27N3O5. The zero-order valence-electron chi connectivity index (χ0n) is 18.2. The summed E-state index contributed by atoms with van der Waals surface area (Å²) in [5, 5.41) is 0. The largest absolute Gasteiger partial charge is 0.496 e. The Morgan fingerprint density at radius 1 is 1.13 bits per heavy atom. The average Bonchev–Trinajstić information content (AvgIpc) is 3.11. The minimum atomic E-state index is -0.519. The molecule has 0 saturated heterocycles. The van der Waals surface area contributed by atoms with Crippen molar-refractivity contribution < 1.29 is 23.7 Å². The fourth-order valence-corrected chi connectivity index (χ4v) is 3.38. The zero-order valence-corrected chi connectivity index (χ0v) is 18.2. The highest BCUT2D eigenvalue weighted by Crippen LogP contribution is 2.39. The number of nitrogen functional groups attached to an aromatic ring is 1. The predicted molar refractivity (Wildman–Crippen MR) is 118 cm³/mol. The van der Waals surface area contributed by atoms with Crippen LogP contribution in [0.25, 0.3) is 22.4 Å². The molecule has 0 spiro atoms. The summed E-state index contributed by atoms with van der Waals surface area (Å²) >= 11 is 0. The molecule has 3 aromatic rings. The molecule has 0 fully saturated rings. The number of hydrogen-bond donors (Lipinski definition) is 1. The van der Waals surface area contributed by atoms with Crippen molar-refractivity contribution in [1.29, 1.82) is 0 Å². The van der Waals surface area contributed by atoms with E-state index in [1.54, 1.807) is 45.7 Å². The maximum atomic E-state index is 12.7. The number of carbonyl (C=O) groups excluding carboxylic acids is 1. The minimum absolute atomic E-state index is 0.222. The molecule has 164 valence electrons. The smallest absolute Gasteiger partial charge is 0.357 e. The number of ether oxygens (including phenoxy) is 4. The number of benzene rings is 1. The van der Waals surface area contributed by atoms with E-state index in [9.17, 15) is 4.79 Å². The Kier molecular flexibility index (Phi) is 7.15. The molecule has 0 atom stereocenters. The van der Waals surface area contributed by atoms with Crippen LogP contribution in [0, 0.1) is 6.92 Å². The molecule has 8 heteroatoms. The zero-order chi connectivity index (χ0) is 22.4. The molecule has 2 N–H and O–H groups in total. The molecule has 31 heavy (non-hydrogen) atoms. The number of nitrogens with two attached hydrogens (primary N) is 1. The normalized spacial score (nSPS) is 10.7. The molecule has 0 aliphatic heterocycles. The molecule has 3 rings (SSSR count). The maximum Gasteiger partial charge on any atom is 0.357 e. The van der Waals surface area contributed by atoms with E-state index in [2.05, 4.69) is 4.98 Å². The van der Waals surface area contributed by atoms with Gasteiger partial charge in [0.15, 0.2) is 5.69 Å². The van der Waals surface area contributed by atoms with Crippen LogP contribution >= 0.6 is 0 Å². The molecule has 0 amide bonds. The van der Waals surface area contributed by atoms with Crippen molar-refractivity contribution in [2.24, 2.45) is 0 Å². The van der Waals surface area contributed by atoms with Gasteiger partial charge in [-0.1, -0.05) is 12.1 Å². The monoisotopic (exact) mass is 425 g/mol. The Balaban J connectivity index is 2.14. The highest BCUT2D eigenvalue weighted by Gasteiger charge is 2.26. The van der Waals surface area contributed by atoms with E-state index in [1.165, 1.54) is 4.68 Å². The van der Waals surface area contributed by atoms with Crippen LogP contribution in [0.1, 0.15) is 23.0 Å². The minimum Gasteiger partial charge on any atom is -0.496 e. The molecule has 0 aliphatic carbocycles. The Morgan fingerprint density at radius 3 is 2.58 bits per heavy atom. The molecule has 0 bridgehead atoms. The number of aromatic nitrogens is 2. The molecule has 0 aliphatic rings. The topological polar surface area (TPSA) is 97.8 Å². The average molecular weight is 425 g/mol. The highest BCUT2D eigenvalue weighted by molar-refractivity contribution is 6.01. The van der Waals surface area contributed by atoms with E-state index >= 15 is 0 Å². The van der Waals surface area contributed by atoms with Gasteiger partial charge in [0.05, 0.1) is 32.2 Å². The number of carbonyl (C=O) groups is 1. The molecule has 0 saturated carbocycles. The van der Waals surface area contributed by atoms with Crippen molar-refractivity contribution in [3.05, 3.63) is 54.0 Å². The third kappa shape index (κ3) is 4.64. The SMILES string of the molecule is CCOC(=O)c1c(-c2ccc(OCCOC)cn2)c(-c2cccc(OC)c2C)cn1N. The summed E-state index contributed by atoms with van der Waals surface area (Å²) in [4.78, 5) is 17.3. The van der Waals surface area contributed by atoms with Crippen LogP contribution in [-0.2, 0) is 9.47 Å². The van der Waals surface area contributed by atoms with Gasteiger partial charge in [-0.2, -0.15) is 0 Å². The van der Waals surface area contributed by atoms with Crippen LogP contribution in [0.3, 0.4) is 0 Å². The molecule has 2 aromatic heterocycles. The molecule has 8 nitrogen and oxygen atoms in total. The second kappa shape index (κ2) is 9.99. The van der Waals surface area contributed by atoms with E-state index in [0.29, 0.717) is 30.2 Å². The van der Waals surface area contributed by atoms with Gasteiger partial charge in [-0.25, -0.2) is 4.79 Å². The van der Waals surface area contributed by atoms with Crippen molar-refractivity contribution in [1.82, 2.24) is 9.66 Å². The first-order chi connectivity index (χ1) is 15.0. The van der Waals surface area contributed by atoms with E-state index in [1.807, 2.05) is 25.1 Å². The number of hydrogen-bond acceptors (Lipinski definition) is 7. The standard InChI is InChI=1S/C23H27N3O5/c1-5-30-23(27)22-21(19-10-9-16(13-25-19)31-12-11-28-3)18(14-26(22)24)17-7-6-8-20(29-4)15(17)2/h6-10,13-14H,5,11-12,24H2,1-4H3. The number of methoxy groups -OCH3 is 2. The second-order valence-corrected chi connectivity index (χ2v) is 6.75. The van der Waals surface area contributed by atoms with Crippen LogP contribution in [0.4, 0.5) is 0 Å². The first-order valence-corrected chi connectivity index (χ1v) is 9.91. The number of nitrogens with zero attached hydrogens (tertiary/aromatic N) is 2. The molecule has 1 aromatic carbocycles. The summed E-state index contributed by atoms with van der Waals surface area (Å²) in [6.07, 6.45) is 3.31. The van der Waals surface area contributed by atoms with E-state index in [-0.39, 0.29) is 12.3 Å². The van der Waals surface area contributed by atoms with Gasteiger partial charge in [0.1, 0.15) is 18.1 Å². The second-order valence-electron chi connectivity index (χ2n) is 6.75. The van der Waals surface area contributed by atoms with Crippen LogP contribution in [0.5, 0.6) is 11.5 Å². The lowest BCUT2D eigenvalue weighted by Crippen LogP contribution is -2.18. The van der Waals surface area contributed by atoms with Crippen LogP contribution in [0.2, 0.25) is 0 Å². The summed E-state index contributed by atoms with van der Waals surface area (Å²) in [6, 6.07) is 9.31.